The molecular weight excluding hydrogens is 327 g/mol. The van der Waals surface area contributed by atoms with Crippen molar-refractivity contribution in [1.29, 1.82) is 0 Å². The summed E-state index contributed by atoms with van der Waals surface area (Å²) in [5, 5.41) is 0. The second-order valence-electron chi connectivity index (χ2n) is 5.94. The molecule has 1 aliphatic heterocycles. The molecule has 0 radical (unpaired) electrons. The lowest BCUT2D eigenvalue weighted by atomic mass is 10.2. The molecule has 1 saturated heterocycles. The van der Waals surface area contributed by atoms with Crippen molar-refractivity contribution in [3.05, 3.63) is 60.4 Å². The average Bonchev–Trinajstić information content (AvgIpc) is 2.62. The third kappa shape index (κ3) is 4.13. The number of anilines is 1. The minimum Gasteiger partial charge on any atom is -0.369 e. The van der Waals surface area contributed by atoms with Crippen molar-refractivity contribution in [3.8, 4) is 0 Å². The molecule has 0 atom stereocenters. The van der Waals surface area contributed by atoms with Gasteiger partial charge in [-0.1, -0.05) is 18.2 Å². The maximum absolute atomic E-state index is 12.9. The lowest BCUT2D eigenvalue weighted by Crippen LogP contribution is -2.47. The maximum atomic E-state index is 12.9. The molecule has 0 unspecified atom stereocenters. The molecule has 2 aromatic carbocycles. The second-order valence-corrected chi connectivity index (χ2v) is 8.05. The van der Waals surface area contributed by atoms with Crippen LogP contribution >= 0.6 is 0 Å². The summed E-state index contributed by atoms with van der Waals surface area (Å²) in [5.74, 6) is -0.366. The molecule has 0 aromatic heterocycles. The van der Waals surface area contributed by atoms with E-state index in [1.54, 1.807) is 0 Å². The van der Waals surface area contributed by atoms with Crippen molar-refractivity contribution >= 4 is 15.5 Å². The molecule has 0 spiro atoms. The number of para-hydroxylation sites is 1. The smallest absolute Gasteiger partial charge is 0.179 e. The Kier molecular flexibility index (Phi) is 5.16. The normalized spacial score (nSPS) is 16.3. The highest BCUT2D eigenvalue weighted by Gasteiger charge is 2.20. The van der Waals surface area contributed by atoms with Crippen LogP contribution in [0, 0.1) is 5.82 Å². The van der Waals surface area contributed by atoms with Crippen LogP contribution in [0.4, 0.5) is 10.1 Å². The summed E-state index contributed by atoms with van der Waals surface area (Å²) < 4.78 is 37.5. The van der Waals surface area contributed by atoms with Crippen LogP contribution in [0.1, 0.15) is 0 Å². The molecule has 0 saturated carbocycles. The topological polar surface area (TPSA) is 40.6 Å². The van der Waals surface area contributed by atoms with E-state index < -0.39 is 15.7 Å². The van der Waals surface area contributed by atoms with Crippen molar-refractivity contribution in [2.75, 3.05) is 43.4 Å². The zero-order valence-electron chi connectivity index (χ0n) is 13.4. The summed E-state index contributed by atoms with van der Waals surface area (Å²) in [4.78, 5) is 4.66. The van der Waals surface area contributed by atoms with E-state index in [0.29, 0.717) is 6.54 Å². The zero-order valence-corrected chi connectivity index (χ0v) is 14.3. The van der Waals surface area contributed by atoms with Crippen molar-refractivity contribution in [1.82, 2.24) is 4.90 Å². The molecule has 0 amide bonds. The number of piperazine rings is 1. The van der Waals surface area contributed by atoms with E-state index >= 15 is 0 Å². The largest absolute Gasteiger partial charge is 0.369 e. The van der Waals surface area contributed by atoms with Gasteiger partial charge in [-0.2, -0.15) is 0 Å². The summed E-state index contributed by atoms with van der Waals surface area (Å²) in [5.41, 5.74) is 1.20. The molecular formula is C18H21FN2O2S. The van der Waals surface area contributed by atoms with Gasteiger partial charge in [0.05, 0.1) is 10.6 Å². The Morgan fingerprint density at radius 2 is 1.50 bits per heavy atom. The zero-order chi connectivity index (χ0) is 17.0. The SMILES string of the molecule is O=S(=O)(CCN1CCN(c2ccccc2)CC1)c1ccc(F)cc1. The second kappa shape index (κ2) is 7.32. The van der Waals surface area contributed by atoms with Crippen LogP contribution < -0.4 is 4.90 Å². The summed E-state index contributed by atoms with van der Waals surface area (Å²) in [6, 6.07) is 15.3. The molecule has 1 heterocycles. The quantitative estimate of drug-likeness (QED) is 0.778. The first kappa shape index (κ1) is 16.9. The minimum absolute atomic E-state index is 0.0595. The highest BCUT2D eigenvalue weighted by atomic mass is 32.2. The molecule has 128 valence electrons. The molecule has 0 bridgehead atoms. The maximum Gasteiger partial charge on any atom is 0.179 e. The lowest BCUT2D eigenvalue weighted by Gasteiger charge is -2.36. The predicted molar refractivity (Wildman–Crippen MR) is 93.5 cm³/mol. The number of sulfone groups is 1. The van der Waals surface area contributed by atoms with Crippen molar-refractivity contribution < 1.29 is 12.8 Å². The van der Waals surface area contributed by atoms with Gasteiger partial charge in [0, 0.05) is 38.4 Å². The van der Waals surface area contributed by atoms with Crippen LogP contribution in [0.5, 0.6) is 0 Å². The number of nitrogens with zero attached hydrogens (tertiary/aromatic N) is 2. The third-order valence-corrected chi connectivity index (χ3v) is 6.05. The first-order valence-electron chi connectivity index (χ1n) is 8.05. The van der Waals surface area contributed by atoms with Crippen LogP contribution in [0.25, 0.3) is 0 Å². The van der Waals surface area contributed by atoms with E-state index in [-0.39, 0.29) is 10.6 Å². The Balaban J connectivity index is 1.52. The Labute approximate surface area is 142 Å². The Morgan fingerprint density at radius 1 is 0.875 bits per heavy atom. The van der Waals surface area contributed by atoms with Gasteiger partial charge in [-0.25, -0.2) is 12.8 Å². The number of hydrogen-bond acceptors (Lipinski definition) is 4. The Bertz CT molecular complexity index is 755. The van der Waals surface area contributed by atoms with Gasteiger partial charge >= 0.3 is 0 Å². The van der Waals surface area contributed by atoms with E-state index in [0.717, 1.165) is 26.2 Å². The summed E-state index contributed by atoms with van der Waals surface area (Å²) in [6.45, 7) is 3.96. The van der Waals surface area contributed by atoms with Gasteiger partial charge < -0.3 is 4.90 Å². The number of hydrogen-bond donors (Lipinski definition) is 0. The van der Waals surface area contributed by atoms with Gasteiger partial charge in [0.1, 0.15) is 5.82 Å². The van der Waals surface area contributed by atoms with Gasteiger partial charge in [-0.15, -0.1) is 0 Å². The third-order valence-electron chi connectivity index (χ3n) is 4.34. The molecule has 6 heteroatoms. The molecule has 2 aromatic rings. The average molecular weight is 348 g/mol. The first-order valence-corrected chi connectivity index (χ1v) is 9.70. The summed E-state index contributed by atoms with van der Waals surface area (Å²) in [6.07, 6.45) is 0. The van der Waals surface area contributed by atoms with Gasteiger partial charge in [-0.05, 0) is 36.4 Å². The molecule has 0 N–H and O–H groups in total. The minimum atomic E-state index is -3.36. The molecule has 24 heavy (non-hydrogen) atoms. The molecule has 4 nitrogen and oxygen atoms in total. The fraction of sp³-hybridized carbons (Fsp3) is 0.333. The van der Waals surface area contributed by atoms with Crippen LogP contribution in [0.3, 0.4) is 0 Å². The fourth-order valence-electron chi connectivity index (χ4n) is 2.88. The monoisotopic (exact) mass is 348 g/mol. The van der Waals surface area contributed by atoms with Crippen LogP contribution in [0.2, 0.25) is 0 Å². The van der Waals surface area contributed by atoms with E-state index in [1.807, 2.05) is 18.2 Å². The van der Waals surface area contributed by atoms with Gasteiger partial charge in [-0.3, -0.25) is 4.90 Å². The number of rotatable bonds is 5. The molecule has 1 aliphatic rings. The molecule has 0 aliphatic carbocycles. The summed E-state index contributed by atoms with van der Waals surface area (Å²) >= 11 is 0. The van der Waals surface area contributed by atoms with E-state index in [9.17, 15) is 12.8 Å². The van der Waals surface area contributed by atoms with Crippen molar-refractivity contribution in [3.63, 3.8) is 0 Å². The first-order chi connectivity index (χ1) is 11.5. The standard InChI is InChI=1S/C18H21FN2O2S/c19-16-6-8-18(9-7-16)24(22,23)15-14-20-10-12-21(13-11-20)17-4-2-1-3-5-17/h1-9H,10-15H2. The molecule has 3 rings (SSSR count). The van der Waals surface area contributed by atoms with Gasteiger partial charge in [0.25, 0.3) is 0 Å². The highest BCUT2D eigenvalue weighted by Crippen LogP contribution is 2.16. The molecule has 1 fully saturated rings. The number of halogens is 1. The Morgan fingerprint density at radius 3 is 2.12 bits per heavy atom. The Hall–Kier alpha value is -1.92. The van der Waals surface area contributed by atoms with Crippen LogP contribution in [0.15, 0.2) is 59.5 Å². The van der Waals surface area contributed by atoms with Gasteiger partial charge in [0.15, 0.2) is 9.84 Å². The van der Waals surface area contributed by atoms with Crippen LogP contribution in [-0.4, -0.2) is 51.8 Å². The van der Waals surface area contributed by atoms with Gasteiger partial charge in [0.2, 0.25) is 0 Å². The van der Waals surface area contributed by atoms with E-state index in [4.69, 9.17) is 0 Å². The highest BCUT2D eigenvalue weighted by molar-refractivity contribution is 7.91. The van der Waals surface area contributed by atoms with Crippen LogP contribution in [-0.2, 0) is 9.84 Å². The van der Waals surface area contributed by atoms with Crippen molar-refractivity contribution in [2.24, 2.45) is 0 Å². The number of benzene rings is 2. The predicted octanol–water partition coefficient (Wildman–Crippen LogP) is 2.42. The summed E-state index contributed by atoms with van der Waals surface area (Å²) in [7, 11) is -3.36. The lowest BCUT2D eigenvalue weighted by molar-refractivity contribution is 0.272. The van der Waals surface area contributed by atoms with Crippen molar-refractivity contribution in [2.45, 2.75) is 4.90 Å². The van der Waals surface area contributed by atoms with E-state index in [2.05, 4.69) is 21.9 Å². The fourth-order valence-corrected chi connectivity index (χ4v) is 4.16. The van der Waals surface area contributed by atoms with E-state index in [1.165, 1.54) is 30.0 Å².